The van der Waals surface area contributed by atoms with Gasteiger partial charge in [-0.2, -0.15) is 0 Å². The number of nitrogens with one attached hydrogen (secondary N) is 2. The number of carbonyl (C=O) groups excluding carboxylic acids is 3. The minimum Gasteiger partial charge on any atom is -0.496 e. The molecule has 2 N–H and O–H groups in total. The van der Waals surface area contributed by atoms with Gasteiger partial charge in [-0.3, -0.25) is 14.6 Å². The van der Waals surface area contributed by atoms with E-state index in [-0.39, 0.29) is 30.1 Å². The fraction of sp³-hybridized carbons (Fsp3) is 0.400. The first-order chi connectivity index (χ1) is 18.9. The Hall–Kier alpha value is -3.98. The number of nitrogens with zero attached hydrogens (tertiary/aromatic N) is 1. The molecule has 9 heteroatoms. The Morgan fingerprint density at radius 3 is 2.62 bits per heavy atom. The van der Waals surface area contributed by atoms with Crippen LogP contribution in [0.4, 0.5) is 5.69 Å². The van der Waals surface area contributed by atoms with Crippen molar-refractivity contribution in [2.24, 2.45) is 0 Å². The van der Waals surface area contributed by atoms with Gasteiger partial charge in [0.25, 0.3) is 0 Å². The Morgan fingerprint density at radius 1 is 1.10 bits per heavy atom. The maximum Gasteiger partial charge on any atom is 0.337 e. The second-order valence-corrected chi connectivity index (χ2v) is 10.1. The van der Waals surface area contributed by atoms with Crippen molar-refractivity contribution in [3.63, 3.8) is 0 Å². The number of rotatable bonds is 6. The number of pyridine rings is 1. The molecule has 204 valence electrons. The van der Waals surface area contributed by atoms with Gasteiger partial charge in [-0.25, -0.2) is 4.79 Å². The number of esters is 1. The summed E-state index contributed by atoms with van der Waals surface area (Å²) in [7, 11) is 1.62. The molecule has 1 aromatic carbocycles. The summed E-state index contributed by atoms with van der Waals surface area (Å²) < 4.78 is 16.9. The third kappa shape index (κ3) is 5.45. The lowest BCUT2D eigenvalue weighted by Crippen LogP contribution is -2.37. The summed E-state index contributed by atoms with van der Waals surface area (Å²) in [5, 5.41) is 6.21. The summed E-state index contributed by atoms with van der Waals surface area (Å²) in [5.41, 5.74) is 4.30. The maximum atomic E-state index is 14.0. The molecule has 1 fully saturated rings. The van der Waals surface area contributed by atoms with E-state index in [0.717, 1.165) is 17.0 Å². The number of amides is 1. The van der Waals surface area contributed by atoms with Crippen molar-refractivity contribution in [3.8, 4) is 5.75 Å². The minimum atomic E-state index is -0.718. The fourth-order valence-corrected chi connectivity index (χ4v) is 5.80. The molecule has 3 aliphatic rings. The van der Waals surface area contributed by atoms with Crippen LogP contribution in [-0.4, -0.2) is 49.1 Å². The number of aromatic nitrogens is 1. The number of hydrogen-bond donors (Lipinski definition) is 2. The Bertz CT molecular complexity index is 1360. The Morgan fingerprint density at radius 2 is 1.87 bits per heavy atom. The first-order valence-electron chi connectivity index (χ1n) is 13.2. The summed E-state index contributed by atoms with van der Waals surface area (Å²) in [5.74, 6) is -0.888. The van der Waals surface area contributed by atoms with Crippen molar-refractivity contribution < 1.29 is 28.6 Å². The number of ether oxygens (including phenoxy) is 3. The Balaban J connectivity index is 1.58. The average Bonchev–Trinajstić information content (AvgIpc) is 2.92. The zero-order valence-corrected chi connectivity index (χ0v) is 22.4. The number of hydrogen-bond acceptors (Lipinski definition) is 8. The van der Waals surface area contributed by atoms with Gasteiger partial charge in [-0.15, -0.1) is 0 Å². The highest BCUT2D eigenvalue weighted by Crippen LogP contribution is 2.48. The van der Waals surface area contributed by atoms with Crippen LogP contribution in [0.1, 0.15) is 62.5 Å². The van der Waals surface area contributed by atoms with Gasteiger partial charge in [0.05, 0.1) is 43.7 Å². The highest BCUT2D eigenvalue weighted by Gasteiger charge is 2.43. The van der Waals surface area contributed by atoms with E-state index in [1.807, 2.05) is 31.2 Å². The Kier molecular flexibility index (Phi) is 7.79. The smallest absolute Gasteiger partial charge is 0.337 e. The number of methoxy groups -OCH3 is 1. The normalized spacial score (nSPS) is 21.7. The summed E-state index contributed by atoms with van der Waals surface area (Å²) in [6.45, 7) is 4.31. The number of anilines is 1. The van der Waals surface area contributed by atoms with Crippen LogP contribution < -0.4 is 15.4 Å². The molecule has 2 atom stereocenters. The SMILES string of the molecule is COc1ccccc1[C@H]1CC(=O)C2=C(C1)NC(C)=C(C(=O)OC1CCOCC1)[C@H]2c1ccncc1NC(C)=O. The van der Waals surface area contributed by atoms with Crippen LogP contribution in [-0.2, 0) is 23.9 Å². The van der Waals surface area contributed by atoms with Crippen LogP contribution in [0.5, 0.6) is 5.75 Å². The molecule has 5 rings (SSSR count). The lowest BCUT2D eigenvalue weighted by molar-refractivity contribution is -0.148. The van der Waals surface area contributed by atoms with Crippen LogP contribution in [0.2, 0.25) is 0 Å². The van der Waals surface area contributed by atoms with Crippen molar-refractivity contribution in [3.05, 3.63) is 76.4 Å². The van der Waals surface area contributed by atoms with Crippen LogP contribution in [0.15, 0.2) is 65.3 Å². The number of benzene rings is 1. The molecule has 39 heavy (non-hydrogen) atoms. The van der Waals surface area contributed by atoms with Crippen LogP contribution in [0, 0.1) is 0 Å². The molecule has 3 heterocycles. The number of allylic oxidation sites excluding steroid dienone is 3. The second-order valence-electron chi connectivity index (χ2n) is 10.1. The lowest BCUT2D eigenvalue weighted by atomic mass is 9.71. The second kappa shape index (κ2) is 11.4. The van der Waals surface area contributed by atoms with Gasteiger partial charge in [0.2, 0.25) is 5.91 Å². The van der Waals surface area contributed by atoms with E-state index in [1.165, 1.54) is 6.92 Å². The minimum absolute atomic E-state index is 0.0703. The van der Waals surface area contributed by atoms with E-state index in [2.05, 4.69) is 15.6 Å². The van der Waals surface area contributed by atoms with E-state index in [0.29, 0.717) is 60.6 Å². The molecule has 0 radical (unpaired) electrons. The molecular formula is C30H33N3O6. The van der Waals surface area contributed by atoms with Crippen molar-refractivity contribution in [2.45, 2.75) is 57.5 Å². The standard InChI is InChI=1S/C30H33N3O6/c1-17-27(30(36)39-20-9-12-38-13-10-20)28(22-8-11-31-16-24(22)33-18(2)34)29-23(32-17)14-19(15-25(29)35)21-6-4-5-7-26(21)37-3/h4-8,11,16,19-20,28,32H,9-10,12-15H2,1-3H3,(H,33,34)/t19-,28-/m1/s1. The summed E-state index contributed by atoms with van der Waals surface area (Å²) in [4.78, 5) is 43.9. The molecule has 0 saturated carbocycles. The monoisotopic (exact) mass is 531 g/mol. The van der Waals surface area contributed by atoms with Gasteiger partial charge < -0.3 is 24.8 Å². The topological polar surface area (TPSA) is 116 Å². The van der Waals surface area contributed by atoms with Gasteiger partial charge in [0.1, 0.15) is 11.9 Å². The maximum absolute atomic E-state index is 14.0. The number of ketones is 1. The molecule has 1 saturated heterocycles. The molecule has 0 bridgehead atoms. The fourth-order valence-electron chi connectivity index (χ4n) is 5.80. The van der Waals surface area contributed by atoms with Crippen LogP contribution in [0.25, 0.3) is 0 Å². The number of carbonyl (C=O) groups is 3. The zero-order chi connectivity index (χ0) is 27.5. The van der Waals surface area contributed by atoms with Crippen LogP contribution in [0.3, 0.4) is 0 Å². The first kappa shape index (κ1) is 26.6. The molecule has 1 amide bonds. The number of Topliss-reactive ketones (excluding diaryl/α,β-unsaturated/α-hetero) is 1. The number of para-hydroxylation sites is 1. The highest BCUT2D eigenvalue weighted by atomic mass is 16.6. The molecule has 1 aromatic heterocycles. The summed E-state index contributed by atoms with van der Waals surface area (Å²) >= 11 is 0. The first-order valence-corrected chi connectivity index (χ1v) is 13.2. The quantitative estimate of drug-likeness (QED) is 0.535. The summed E-state index contributed by atoms with van der Waals surface area (Å²) in [6.07, 6.45) is 4.96. The predicted octanol–water partition coefficient (Wildman–Crippen LogP) is 4.13. The third-order valence-electron chi connectivity index (χ3n) is 7.54. The molecule has 2 aromatic rings. The van der Waals surface area contributed by atoms with Crippen molar-refractivity contribution >= 4 is 23.3 Å². The lowest BCUT2D eigenvalue weighted by Gasteiger charge is -2.37. The van der Waals surface area contributed by atoms with Crippen molar-refractivity contribution in [1.29, 1.82) is 0 Å². The third-order valence-corrected chi connectivity index (χ3v) is 7.54. The van der Waals surface area contributed by atoms with E-state index < -0.39 is 11.9 Å². The molecule has 9 nitrogen and oxygen atoms in total. The Labute approximate surface area is 227 Å². The summed E-state index contributed by atoms with van der Waals surface area (Å²) in [6, 6.07) is 9.48. The van der Waals surface area contributed by atoms with E-state index in [1.54, 1.807) is 25.6 Å². The highest BCUT2D eigenvalue weighted by molar-refractivity contribution is 6.05. The van der Waals surface area contributed by atoms with E-state index >= 15 is 0 Å². The molecule has 0 spiro atoms. The van der Waals surface area contributed by atoms with Gasteiger partial charge in [0, 0.05) is 55.3 Å². The molecule has 2 aliphatic heterocycles. The van der Waals surface area contributed by atoms with Gasteiger partial charge in [-0.05, 0) is 36.6 Å². The molecule has 0 unspecified atom stereocenters. The van der Waals surface area contributed by atoms with Gasteiger partial charge in [-0.1, -0.05) is 18.2 Å². The predicted molar refractivity (Wildman–Crippen MR) is 144 cm³/mol. The van der Waals surface area contributed by atoms with Gasteiger partial charge in [0.15, 0.2) is 5.78 Å². The van der Waals surface area contributed by atoms with E-state index in [4.69, 9.17) is 14.2 Å². The molecule has 1 aliphatic carbocycles. The zero-order valence-electron chi connectivity index (χ0n) is 22.4. The average molecular weight is 532 g/mol. The van der Waals surface area contributed by atoms with Crippen molar-refractivity contribution in [2.75, 3.05) is 25.6 Å². The molecular weight excluding hydrogens is 498 g/mol. The number of dihydropyridines is 1. The van der Waals surface area contributed by atoms with E-state index in [9.17, 15) is 14.4 Å². The van der Waals surface area contributed by atoms with Crippen LogP contribution >= 0.6 is 0 Å². The largest absolute Gasteiger partial charge is 0.496 e. The van der Waals surface area contributed by atoms with Gasteiger partial charge >= 0.3 is 5.97 Å². The van der Waals surface area contributed by atoms with Crippen molar-refractivity contribution in [1.82, 2.24) is 10.3 Å².